The third-order valence-electron chi connectivity index (χ3n) is 6.97. The van der Waals surface area contributed by atoms with E-state index in [0.717, 1.165) is 36.3 Å². The SMILES string of the molecule is NC1CN(Cc2cccc3c2C(=O)N(C2CCC(=O)NC2=O)C3=O)C2(CCC2)C1. The highest BCUT2D eigenvalue weighted by molar-refractivity contribution is 6.24. The van der Waals surface area contributed by atoms with Gasteiger partial charge in [0.2, 0.25) is 11.8 Å². The monoisotopic (exact) mass is 396 g/mol. The largest absolute Gasteiger partial charge is 0.326 e. The number of carbonyl (C=O) groups excluding carboxylic acids is 4. The second kappa shape index (κ2) is 6.47. The molecule has 8 nitrogen and oxygen atoms in total. The Labute approximate surface area is 168 Å². The van der Waals surface area contributed by atoms with E-state index in [1.165, 1.54) is 6.42 Å². The summed E-state index contributed by atoms with van der Waals surface area (Å²) in [5.41, 5.74) is 7.88. The van der Waals surface area contributed by atoms with Crippen molar-refractivity contribution in [1.29, 1.82) is 0 Å². The number of imide groups is 2. The molecule has 2 saturated heterocycles. The quantitative estimate of drug-likeness (QED) is 0.722. The third-order valence-corrected chi connectivity index (χ3v) is 6.97. The molecule has 0 bridgehead atoms. The number of nitrogens with two attached hydrogens (primary N) is 1. The van der Waals surface area contributed by atoms with E-state index in [1.807, 2.05) is 6.07 Å². The first-order chi connectivity index (χ1) is 13.9. The number of likely N-dealkylation sites (tertiary alicyclic amines) is 1. The molecule has 1 aromatic carbocycles. The van der Waals surface area contributed by atoms with Crippen molar-refractivity contribution in [2.24, 2.45) is 5.73 Å². The summed E-state index contributed by atoms with van der Waals surface area (Å²) >= 11 is 0. The van der Waals surface area contributed by atoms with Crippen LogP contribution < -0.4 is 11.1 Å². The average molecular weight is 396 g/mol. The molecule has 8 heteroatoms. The summed E-state index contributed by atoms with van der Waals surface area (Å²) in [4.78, 5) is 53.3. The van der Waals surface area contributed by atoms with Crippen molar-refractivity contribution < 1.29 is 19.2 Å². The van der Waals surface area contributed by atoms with Crippen molar-refractivity contribution in [1.82, 2.24) is 15.1 Å². The molecule has 3 heterocycles. The van der Waals surface area contributed by atoms with E-state index in [1.54, 1.807) is 12.1 Å². The predicted molar refractivity (Wildman–Crippen MR) is 103 cm³/mol. The molecule has 29 heavy (non-hydrogen) atoms. The number of benzene rings is 1. The van der Waals surface area contributed by atoms with Crippen molar-refractivity contribution in [2.45, 2.75) is 62.7 Å². The number of hydrogen-bond acceptors (Lipinski definition) is 6. The Morgan fingerprint density at radius 3 is 2.62 bits per heavy atom. The summed E-state index contributed by atoms with van der Waals surface area (Å²) < 4.78 is 0. The lowest BCUT2D eigenvalue weighted by molar-refractivity contribution is -0.136. The van der Waals surface area contributed by atoms with Gasteiger partial charge >= 0.3 is 0 Å². The van der Waals surface area contributed by atoms with E-state index in [4.69, 9.17) is 5.73 Å². The average Bonchev–Trinajstić information content (AvgIpc) is 3.11. The highest BCUT2D eigenvalue weighted by Gasteiger charge is 2.50. The second-order valence-corrected chi connectivity index (χ2v) is 8.71. The first-order valence-corrected chi connectivity index (χ1v) is 10.2. The fourth-order valence-corrected chi connectivity index (χ4v) is 5.42. The van der Waals surface area contributed by atoms with Gasteiger partial charge in [-0.15, -0.1) is 0 Å². The van der Waals surface area contributed by atoms with Crippen LogP contribution in [0, 0.1) is 0 Å². The lowest BCUT2D eigenvalue weighted by Crippen LogP contribution is -2.54. The maximum Gasteiger partial charge on any atom is 0.262 e. The standard InChI is InChI=1S/C21H24N4O4/c22-13-9-21(7-2-8-21)24(11-13)10-12-3-1-4-14-17(12)20(29)25(19(14)28)15-5-6-16(26)23-18(15)27/h1,3-4,13,15H,2,5-11,22H2,(H,23,26,27). The van der Waals surface area contributed by atoms with Crippen molar-refractivity contribution in [3.05, 3.63) is 34.9 Å². The Hall–Kier alpha value is -2.58. The zero-order chi connectivity index (χ0) is 20.3. The molecule has 5 rings (SSSR count). The van der Waals surface area contributed by atoms with E-state index in [-0.39, 0.29) is 30.3 Å². The van der Waals surface area contributed by atoms with Crippen LogP contribution in [-0.4, -0.2) is 57.6 Å². The molecule has 1 saturated carbocycles. The number of nitrogens with one attached hydrogen (secondary N) is 1. The lowest BCUT2D eigenvalue weighted by Gasteiger charge is -2.46. The lowest BCUT2D eigenvalue weighted by atomic mass is 9.74. The smallest absolute Gasteiger partial charge is 0.262 e. The molecule has 152 valence electrons. The Bertz CT molecular complexity index is 939. The number of amides is 4. The van der Waals surface area contributed by atoms with Gasteiger partial charge in [-0.05, 0) is 43.7 Å². The van der Waals surface area contributed by atoms with Gasteiger partial charge in [0, 0.05) is 31.1 Å². The predicted octanol–water partition coefficient (Wildman–Crippen LogP) is 0.543. The minimum atomic E-state index is -0.939. The van der Waals surface area contributed by atoms with Gasteiger partial charge in [0.15, 0.2) is 0 Å². The molecule has 2 atom stereocenters. The summed E-state index contributed by atoms with van der Waals surface area (Å²) in [7, 11) is 0. The zero-order valence-electron chi connectivity index (χ0n) is 16.1. The minimum Gasteiger partial charge on any atom is -0.326 e. The maximum atomic E-state index is 13.2. The first kappa shape index (κ1) is 18.4. The number of hydrogen-bond donors (Lipinski definition) is 2. The highest BCUT2D eigenvalue weighted by Crippen LogP contribution is 2.46. The van der Waals surface area contributed by atoms with E-state index in [0.29, 0.717) is 17.7 Å². The molecular weight excluding hydrogens is 372 g/mol. The van der Waals surface area contributed by atoms with Gasteiger partial charge in [0.1, 0.15) is 6.04 Å². The van der Waals surface area contributed by atoms with E-state index in [9.17, 15) is 19.2 Å². The molecule has 1 aliphatic carbocycles. The molecular formula is C21H24N4O4. The summed E-state index contributed by atoms with van der Waals surface area (Å²) in [6, 6.07) is 4.50. The fourth-order valence-electron chi connectivity index (χ4n) is 5.42. The van der Waals surface area contributed by atoms with E-state index in [2.05, 4.69) is 10.2 Å². The number of carbonyl (C=O) groups is 4. The van der Waals surface area contributed by atoms with Crippen LogP contribution in [0.1, 0.15) is 64.8 Å². The topological polar surface area (TPSA) is 113 Å². The van der Waals surface area contributed by atoms with Gasteiger partial charge < -0.3 is 5.73 Å². The molecule has 3 fully saturated rings. The fraction of sp³-hybridized carbons (Fsp3) is 0.524. The van der Waals surface area contributed by atoms with Crippen LogP contribution in [0.25, 0.3) is 0 Å². The minimum absolute atomic E-state index is 0.116. The third kappa shape index (κ3) is 2.73. The first-order valence-electron chi connectivity index (χ1n) is 10.2. The Kier molecular flexibility index (Phi) is 4.11. The molecule has 2 unspecified atom stereocenters. The van der Waals surface area contributed by atoms with Crippen molar-refractivity contribution in [2.75, 3.05) is 6.54 Å². The van der Waals surface area contributed by atoms with E-state index < -0.39 is 23.8 Å². The Balaban J connectivity index is 1.45. The molecule has 1 spiro atoms. The summed E-state index contributed by atoms with van der Waals surface area (Å²) in [5.74, 6) is -1.87. The molecule has 4 aliphatic rings. The van der Waals surface area contributed by atoms with Gasteiger partial charge in [-0.3, -0.25) is 34.3 Å². The van der Waals surface area contributed by atoms with E-state index >= 15 is 0 Å². The summed E-state index contributed by atoms with van der Waals surface area (Å²) in [6.45, 7) is 1.35. The van der Waals surface area contributed by atoms with Crippen LogP contribution >= 0.6 is 0 Å². The van der Waals surface area contributed by atoms with Crippen LogP contribution in [0.5, 0.6) is 0 Å². The van der Waals surface area contributed by atoms with Crippen LogP contribution in [0.4, 0.5) is 0 Å². The van der Waals surface area contributed by atoms with Crippen LogP contribution in [-0.2, 0) is 16.1 Å². The van der Waals surface area contributed by atoms with Gasteiger partial charge in [-0.25, -0.2) is 0 Å². The number of fused-ring (bicyclic) bond motifs is 1. The molecule has 3 N–H and O–H groups in total. The highest BCUT2D eigenvalue weighted by atomic mass is 16.2. The van der Waals surface area contributed by atoms with Gasteiger partial charge in [0.25, 0.3) is 11.8 Å². The van der Waals surface area contributed by atoms with Gasteiger partial charge in [0.05, 0.1) is 11.1 Å². The molecule has 0 aromatic heterocycles. The van der Waals surface area contributed by atoms with Crippen LogP contribution in [0.2, 0.25) is 0 Å². The van der Waals surface area contributed by atoms with Crippen LogP contribution in [0.15, 0.2) is 18.2 Å². The maximum absolute atomic E-state index is 13.2. The molecule has 4 amide bonds. The van der Waals surface area contributed by atoms with Crippen molar-refractivity contribution >= 4 is 23.6 Å². The Morgan fingerprint density at radius 2 is 1.93 bits per heavy atom. The number of nitrogens with zero attached hydrogens (tertiary/aromatic N) is 2. The second-order valence-electron chi connectivity index (χ2n) is 8.71. The zero-order valence-corrected chi connectivity index (χ0v) is 16.1. The Morgan fingerprint density at radius 1 is 1.14 bits per heavy atom. The van der Waals surface area contributed by atoms with Gasteiger partial charge in [-0.1, -0.05) is 12.1 Å². The molecule has 1 aromatic rings. The molecule has 0 radical (unpaired) electrons. The van der Waals surface area contributed by atoms with Crippen LogP contribution in [0.3, 0.4) is 0 Å². The van der Waals surface area contributed by atoms with Gasteiger partial charge in [-0.2, -0.15) is 0 Å². The molecule has 3 aliphatic heterocycles. The van der Waals surface area contributed by atoms with Crippen molar-refractivity contribution in [3.63, 3.8) is 0 Å². The van der Waals surface area contributed by atoms with Crippen molar-refractivity contribution in [3.8, 4) is 0 Å². The number of rotatable bonds is 3. The normalized spacial score (nSPS) is 28.7. The summed E-state index contributed by atoms with van der Waals surface area (Å²) in [5, 5.41) is 2.23. The summed E-state index contributed by atoms with van der Waals surface area (Å²) in [6.07, 6.45) is 4.67. The number of piperidine rings is 1.